The summed E-state index contributed by atoms with van der Waals surface area (Å²) in [5, 5.41) is 16.9. The number of hydrogen-bond acceptors (Lipinski definition) is 10. The van der Waals surface area contributed by atoms with E-state index in [4.69, 9.17) is 0 Å². The van der Waals surface area contributed by atoms with Gasteiger partial charge in [0.2, 0.25) is 0 Å². The van der Waals surface area contributed by atoms with E-state index in [9.17, 15) is 19.7 Å². The minimum absolute atomic E-state index is 0.112. The first-order valence-electron chi connectivity index (χ1n) is 12.5. The number of nitro benzene ring substituents is 1. The number of benzene rings is 2. The Balaban J connectivity index is 1.48. The standard InChI is InChI=1S/C29H20N6O4S3/c1-17-24(26(36)33-19-7-3-2-4-8-19)25(22-9-5-14-40-22)34-27(37)23(42-29(34)32-17)16-18-15-20(35(38)39)10-11-21(18)41-28-30-12-6-13-31-28/h2-16,25H,1H3,(H,33,36)/b23-16+/t25-/m1/s1. The van der Waals surface area contributed by atoms with Gasteiger partial charge in [-0.3, -0.25) is 24.3 Å². The van der Waals surface area contributed by atoms with Crippen molar-refractivity contribution < 1.29 is 9.72 Å². The first-order valence-corrected chi connectivity index (χ1v) is 15.1. The second kappa shape index (κ2) is 11.6. The Morgan fingerprint density at radius 2 is 1.88 bits per heavy atom. The van der Waals surface area contributed by atoms with E-state index in [1.807, 2.05) is 35.7 Å². The van der Waals surface area contributed by atoms with Crippen molar-refractivity contribution in [1.82, 2.24) is 14.5 Å². The minimum atomic E-state index is -0.691. The van der Waals surface area contributed by atoms with E-state index in [2.05, 4.69) is 20.3 Å². The van der Waals surface area contributed by atoms with Gasteiger partial charge >= 0.3 is 0 Å². The topological polar surface area (TPSA) is 132 Å². The van der Waals surface area contributed by atoms with Crippen LogP contribution >= 0.6 is 34.4 Å². The molecule has 6 rings (SSSR count). The molecule has 42 heavy (non-hydrogen) atoms. The van der Waals surface area contributed by atoms with E-state index in [1.54, 1.807) is 49.7 Å². The van der Waals surface area contributed by atoms with Gasteiger partial charge < -0.3 is 5.32 Å². The maximum absolute atomic E-state index is 14.0. The Hall–Kier alpha value is -4.72. The van der Waals surface area contributed by atoms with Gasteiger partial charge in [0.15, 0.2) is 9.96 Å². The lowest BCUT2D eigenvalue weighted by Gasteiger charge is -2.24. The number of nitro groups is 1. The Morgan fingerprint density at radius 1 is 1.10 bits per heavy atom. The molecule has 0 bridgehead atoms. The molecule has 0 radical (unpaired) electrons. The smallest absolute Gasteiger partial charge is 0.271 e. The Bertz CT molecular complexity index is 2020. The SMILES string of the molecule is CC1=C(C(=O)Nc2ccccc2)[C@@H](c2cccs2)n2c(s/c(=C/c3cc([N+](=O)[O-])ccc3Sc3ncccn3)c2=O)=N1. The molecule has 4 heterocycles. The van der Waals surface area contributed by atoms with Gasteiger partial charge in [0, 0.05) is 40.0 Å². The van der Waals surface area contributed by atoms with Crippen molar-refractivity contribution in [2.24, 2.45) is 4.99 Å². The van der Waals surface area contributed by atoms with Gasteiger partial charge in [0.25, 0.3) is 17.2 Å². The molecule has 1 N–H and O–H groups in total. The van der Waals surface area contributed by atoms with Crippen molar-refractivity contribution in [3.05, 3.63) is 136 Å². The van der Waals surface area contributed by atoms with Crippen molar-refractivity contribution in [3.8, 4) is 0 Å². The molecule has 0 aliphatic carbocycles. The molecule has 1 amide bonds. The summed E-state index contributed by atoms with van der Waals surface area (Å²) in [6.07, 6.45) is 4.84. The number of hydrogen-bond donors (Lipinski definition) is 1. The van der Waals surface area contributed by atoms with Gasteiger partial charge in [0.05, 0.1) is 20.7 Å². The van der Waals surface area contributed by atoms with Crippen LogP contribution in [-0.4, -0.2) is 25.4 Å². The minimum Gasteiger partial charge on any atom is -0.322 e. The zero-order valence-corrected chi connectivity index (χ0v) is 24.3. The summed E-state index contributed by atoms with van der Waals surface area (Å²) < 4.78 is 1.85. The highest BCUT2D eigenvalue weighted by Crippen LogP contribution is 2.34. The van der Waals surface area contributed by atoms with Crippen LogP contribution in [0.4, 0.5) is 11.4 Å². The molecule has 0 unspecified atom stereocenters. The molecule has 10 nitrogen and oxygen atoms in total. The van der Waals surface area contributed by atoms with E-state index >= 15 is 0 Å². The molecular weight excluding hydrogens is 593 g/mol. The van der Waals surface area contributed by atoms with Crippen molar-refractivity contribution >= 4 is 57.8 Å². The third-order valence-corrected chi connectivity index (χ3v) is 9.24. The molecule has 13 heteroatoms. The summed E-state index contributed by atoms with van der Waals surface area (Å²) in [6.45, 7) is 1.76. The van der Waals surface area contributed by atoms with Crippen molar-refractivity contribution in [1.29, 1.82) is 0 Å². The van der Waals surface area contributed by atoms with Crippen LogP contribution in [0.2, 0.25) is 0 Å². The summed E-state index contributed by atoms with van der Waals surface area (Å²) in [5.41, 5.74) is 1.50. The van der Waals surface area contributed by atoms with E-state index < -0.39 is 11.0 Å². The Kier molecular flexibility index (Phi) is 7.61. The number of nitrogens with one attached hydrogen (secondary N) is 1. The van der Waals surface area contributed by atoms with E-state index in [0.717, 1.165) is 4.88 Å². The van der Waals surface area contributed by atoms with Gasteiger partial charge in [-0.1, -0.05) is 35.6 Å². The lowest BCUT2D eigenvalue weighted by atomic mass is 10.0. The maximum Gasteiger partial charge on any atom is 0.271 e. The third-order valence-electron chi connectivity index (χ3n) is 6.34. The number of allylic oxidation sites excluding steroid dienone is 1. The highest BCUT2D eigenvalue weighted by molar-refractivity contribution is 7.99. The van der Waals surface area contributed by atoms with Gasteiger partial charge in [-0.25, -0.2) is 15.0 Å². The molecule has 5 aromatic rings. The van der Waals surface area contributed by atoms with Gasteiger partial charge in [-0.2, -0.15) is 0 Å². The van der Waals surface area contributed by atoms with Crippen LogP contribution in [0.3, 0.4) is 0 Å². The molecule has 1 aliphatic rings. The van der Waals surface area contributed by atoms with Gasteiger partial charge in [-0.05, 0) is 66.0 Å². The average Bonchev–Trinajstić information content (AvgIpc) is 3.62. The molecular formula is C29H20N6O4S3. The second-order valence-electron chi connectivity index (χ2n) is 9.03. The van der Waals surface area contributed by atoms with Crippen LogP contribution in [0.15, 0.2) is 116 Å². The van der Waals surface area contributed by atoms with E-state index in [0.29, 0.717) is 41.9 Å². The predicted octanol–water partition coefficient (Wildman–Crippen LogP) is 4.78. The molecule has 0 spiro atoms. The normalized spacial score (nSPS) is 14.8. The Morgan fingerprint density at radius 3 is 2.60 bits per heavy atom. The van der Waals surface area contributed by atoms with Crippen molar-refractivity contribution in [3.63, 3.8) is 0 Å². The Labute approximate surface area is 250 Å². The molecule has 208 valence electrons. The number of rotatable bonds is 7. The lowest BCUT2D eigenvalue weighted by Crippen LogP contribution is -2.40. The van der Waals surface area contributed by atoms with Crippen molar-refractivity contribution in [2.75, 3.05) is 5.32 Å². The molecule has 1 atom stereocenters. The quantitative estimate of drug-likeness (QED) is 0.159. The number of carbonyl (C=O) groups excluding carboxylic acids is 1. The fourth-order valence-corrected chi connectivity index (χ4v) is 7.14. The number of non-ortho nitro benzene ring substituents is 1. The summed E-state index contributed by atoms with van der Waals surface area (Å²) in [4.78, 5) is 53.7. The number of thiazole rings is 1. The van der Waals surface area contributed by atoms with Crippen LogP contribution in [0.25, 0.3) is 6.08 Å². The van der Waals surface area contributed by atoms with Crippen LogP contribution in [0, 0.1) is 10.1 Å². The van der Waals surface area contributed by atoms with E-state index in [-0.39, 0.29) is 17.2 Å². The number of para-hydroxylation sites is 1. The zero-order valence-electron chi connectivity index (χ0n) is 21.8. The van der Waals surface area contributed by atoms with Gasteiger partial charge in [0.1, 0.15) is 6.04 Å². The summed E-state index contributed by atoms with van der Waals surface area (Å²) >= 11 is 3.84. The average molecular weight is 613 g/mol. The number of nitrogens with zero attached hydrogens (tertiary/aromatic N) is 5. The fourth-order valence-electron chi connectivity index (χ4n) is 4.48. The van der Waals surface area contributed by atoms with Crippen LogP contribution in [0.1, 0.15) is 23.4 Å². The first-order chi connectivity index (χ1) is 20.4. The number of fused-ring (bicyclic) bond motifs is 1. The number of aromatic nitrogens is 3. The number of thiophene rings is 1. The highest BCUT2D eigenvalue weighted by Gasteiger charge is 2.33. The highest BCUT2D eigenvalue weighted by atomic mass is 32.2. The largest absolute Gasteiger partial charge is 0.322 e. The van der Waals surface area contributed by atoms with Gasteiger partial charge in [-0.15, -0.1) is 11.3 Å². The first kappa shape index (κ1) is 27.4. The summed E-state index contributed by atoms with van der Waals surface area (Å²) in [6, 6.07) is 18.3. The van der Waals surface area contributed by atoms with Crippen molar-refractivity contribution in [2.45, 2.75) is 23.0 Å². The molecule has 0 fully saturated rings. The second-order valence-corrected chi connectivity index (χ2v) is 12.0. The summed E-state index contributed by atoms with van der Waals surface area (Å²) in [5.74, 6) is -0.352. The monoisotopic (exact) mass is 612 g/mol. The third kappa shape index (κ3) is 5.44. The molecule has 3 aromatic heterocycles. The van der Waals surface area contributed by atoms with E-state index in [1.165, 1.54) is 51.1 Å². The number of amides is 1. The number of anilines is 1. The molecule has 2 aromatic carbocycles. The van der Waals surface area contributed by atoms with Crippen LogP contribution < -0.4 is 20.2 Å². The molecule has 0 saturated carbocycles. The lowest BCUT2D eigenvalue weighted by molar-refractivity contribution is -0.384. The fraction of sp³-hybridized carbons (Fsp3) is 0.0690. The van der Waals surface area contributed by atoms with Crippen LogP contribution in [-0.2, 0) is 4.79 Å². The summed E-state index contributed by atoms with van der Waals surface area (Å²) in [7, 11) is 0. The maximum atomic E-state index is 14.0. The predicted molar refractivity (Wildman–Crippen MR) is 162 cm³/mol. The molecule has 1 aliphatic heterocycles. The zero-order chi connectivity index (χ0) is 29.2. The van der Waals surface area contributed by atoms with Crippen LogP contribution in [0.5, 0.6) is 0 Å². The molecule has 0 saturated heterocycles. The number of carbonyl (C=O) groups is 1.